The van der Waals surface area contributed by atoms with Gasteiger partial charge in [-0.25, -0.2) is 4.98 Å². The summed E-state index contributed by atoms with van der Waals surface area (Å²) in [6.45, 7) is -1.20. The molecular formula is C16H15F3N6O. The highest BCUT2D eigenvalue weighted by molar-refractivity contribution is 5.94. The SMILES string of the molecule is CNC(=O)c1ccc(Nc2nc(NCC(F)(F)F)c3ccnc-3[nH]2)cc1. The van der Waals surface area contributed by atoms with E-state index in [9.17, 15) is 18.0 Å². The molecule has 1 aromatic rings. The van der Waals surface area contributed by atoms with Gasteiger partial charge >= 0.3 is 6.18 Å². The van der Waals surface area contributed by atoms with Gasteiger partial charge in [0.15, 0.2) is 0 Å². The maximum absolute atomic E-state index is 12.5. The largest absolute Gasteiger partial charge is 0.405 e. The lowest BCUT2D eigenvalue weighted by molar-refractivity contribution is -0.115. The van der Waals surface area contributed by atoms with E-state index in [1.54, 1.807) is 30.3 Å². The Kier molecular flexibility index (Phi) is 4.65. The minimum Gasteiger partial charge on any atom is -0.360 e. The van der Waals surface area contributed by atoms with Crippen molar-refractivity contribution in [1.82, 2.24) is 20.3 Å². The van der Waals surface area contributed by atoms with Crippen LogP contribution in [0.5, 0.6) is 0 Å². The molecule has 1 amide bonds. The number of benzene rings is 1. The highest BCUT2D eigenvalue weighted by atomic mass is 19.4. The van der Waals surface area contributed by atoms with E-state index in [1.165, 1.54) is 13.2 Å². The lowest BCUT2D eigenvalue weighted by Crippen LogP contribution is -2.22. The predicted octanol–water partition coefficient (Wildman–Crippen LogP) is 2.99. The molecule has 2 heterocycles. The molecule has 7 nitrogen and oxygen atoms in total. The highest BCUT2D eigenvalue weighted by Crippen LogP contribution is 2.29. The lowest BCUT2D eigenvalue weighted by Gasteiger charge is -2.14. The molecule has 0 radical (unpaired) electrons. The zero-order valence-corrected chi connectivity index (χ0v) is 13.6. The van der Waals surface area contributed by atoms with Crippen LogP contribution in [0.1, 0.15) is 10.4 Å². The normalized spacial score (nSPS) is 11.4. The van der Waals surface area contributed by atoms with Crippen molar-refractivity contribution in [2.45, 2.75) is 6.18 Å². The molecule has 0 unspecified atom stereocenters. The molecule has 3 rings (SSSR count). The van der Waals surface area contributed by atoms with Gasteiger partial charge in [0.25, 0.3) is 5.91 Å². The number of hydrogen-bond acceptors (Lipinski definition) is 5. The van der Waals surface area contributed by atoms with E-state index in [-0.39, 0.29) is 17.7 Å². The lowest BCUT2D eigenvalue weighted by atomic mass is 10.2. The molecule has 0 atom stereocenters. The van der Waals surface area contributed by atoms with E-state index in [4.69, 9.17) is 0 Å². The Morgan fingerprint density at radius 1 is 1.19 bits per heavy atom. The molecule has 0 bridgehead atoms. The minimum absolute atomic E-state index is 0.0676. The number of fused-ring (bicyclic) bond motifs is 1. The van der Waals surface area contributed by atoms with E-state index in [0.717, 1.165) is 0 Å². The molecule has 0 saturated heterocycles. The van der Waals surface area contributed by atoms with Crippen LogP contribution in [0.3, 0.4) is 0 Å². The van der Waals surface area contributed by atoms with Crippen molar-refractivity contribution in [2.24, 2.45) is 0 Å². The van der Waals surface area contributed by atoms with E-state index in [0.29, 0.717) is 22.6 Å². The number of halogens is 3. The van der Waals surface area contributed by atoms with Gasteiger partial charge in [0.1, 0.15) is 18.2 Å². The number of carbonyl (C=O) groups excluding carboxylic acids is 1. The van der Waals surface area contributed by atoms with Gasteiger partial charge in [-0.1, -0.05) is 0 Å². The maximum atomic E-state index is 12.5. The Morgan fingerprint density at radius 2 is 1.92 bits per heavy atom. The van der Waals surface area contributed by atoms with E-state index >= 15 is 0 Å². The average Bonchev–Trinajstić information content (AvgIpc) is 3.07. The molecule has 2 aliphatic rings. The van der Waals surface area contributed by atoms with Crippen molar-refractivity contribution in [3.63, 3.8) is 0 Å². The Morgan fingerprint density at radius 3 is 2.58 bits per heavy atom. The Bertz CT molecular complexity index is 875. The zero-order chi connectivity index (χ0) is 18.7. The number of rotatable bonds is 5. The topological polar surface area (TPSA) is 94.7 Å². The van der Waals surface area contributed by atoms with Crippen LogP contribution in [0.15, 0.2) is 36.5 Å². The van der Waals surface area contributed by atoms with Crippen LogP contribution in [0, 0.1) is 0 Å². The first-order valence-corrected chi connectivity index (χ1v) is 7.60. The Labute approximate surface area is 146 Å². The summed E-state index contributed by atoms with van der Waals surface area (Å²) < 4.78 is 37.5. The number of H-pyrrole nitrogens is 1. The van der Waals surface area contributed by atoms with Crippen molar-refractivity contribution in [3.8, 4) is 11.4 Å². The number of nitrogens with zero attached hydrogens (tertiary/aromatic N) is 2. The molecule has 0 aromatic heterocycles. The van der Waals surface area contributed by atoms with Crippen molar-refractivity contribution in [3.05, 3.63) is 42.1 Å². The molecule has 0 fully saturated rings. The summed E-state index contributed by atoms with van der Waals surface area (Å²) in [5.74, 6) is 0.461. The third-order valence-electron chi connectivity index (χ3n) is 3.51. The Balaban J connectivity index is 1.83. The van der Waals surface area contributed by atoms with Crippen LogP contribution in [0.4, 0.5) is 30.6 Å². The third kappa shape index (κ3) is 4.02. The number of aromatic nitrogens is 3. The van der Waals surface area contributed by atoms with Gasteiger partial charge in [0.05, 0.1) is 5.56 Å². The van der Waals surface area contributed by atoms with Gasteiger partial charge in [-0.05, 0) is 30.3 Å². The minimum atomic E-state index is -4.36. The summed E-state index contributed by atoms with van der Waals surface area (Å²) in [6, 6.07) is 8.11. The molecule has 136 valence electrons. The maximum Gasteiger partial charge on any atom is 0.405 e. The third-order valence-corrected chi connectivity index (χ3v) is 3.51. The van der Waals surface area contributed by atoms with Crippen molar-refractivity contribution in [2.75, 3.05) is 24.2 Å². The summed E-state index contributed by atoms with van der Waals surface area (Å²) in [5, 5.41) is 7.75. The van der Waals surface area contributed by atoms with Gasteiger partial charge in [0.2, 0.25) is 5.95 Å². The number of amides is 1. The fourth-order valence-corrected chi connectivity index (χ4v) is 2.30. The first-order valence-electron chi connectivity index (χ1n) is 7.60. The first-order chi connectivity index (χ1) is 12.4. The van der Waals surface area contributed by atoms with Crippen molar-refractivity contribution in [1.29, 1.82) is 0 Å². The van der Waals surface area contributed by atoms with Crippen LogP contribution < -0.4 is 16.0 Å². The standard InChI is InChI=1S/C16H15F3N6O/c1-20-14(26)9-2-4-10(5-3-9)23-15-24-12-11(6-7-21-12)13(25-15)22-8-16(17,18)19/h2-7H,8H2,1H3,(H,20,26)(H3,21,22,23,24,25). The van der Waals surface area contributed by atoms with E-state index in [1.807, 2.05) is 0 Å². The summed E-state index contributed by atoms with van der Waals surface area (Å²) >= 11 is 0. The number of nitrogens with one attached hydrogen (secondary N) is 4. The van der Waals surface area contributed by atoms with Gasteiger partial charge < -0.3 is 20.9 Å². The van der Waals surface area contributed by atoms with Crippen LogP contribution in [0.2, 0.25) is 0 Å². The molecule has 0 saturated carbocycles. The average molecular weight is 364 g/mol. The molecule has 2 aliphatic heterocycles. The summed E-state index contributed by atoms with van der Waals surface area (Å²) in [5.41, 5.74) is 1.54. The van der Waals surface area contributed by atoms with Gasteiger partial charge in [0, 0.05) is 24.5 Å². The van der Waals surface area contributed by atoms with Crippen LogP contribution >= 0.6 is 0 Å². The molecule has 1 aromatic carbocycles. The summed E-state index contributed by atoms with van der Waals surface area (Å²) in [7, 11) is 1.53. The van der Waals surface area contributed by atoms with Crippen LogP contribution in [0.25, 0.3) is 11.4 Å². The van der Waals surface area contributed by atoms with Crippen molar-refractivity contribution >= 4 is 23.4 Å². The first kappa shape index (κ1) is 17.5. The Hall–Kier alpha value is -3.30. The number of aromatic amines is 1. The quantitative estimate of drug-likeness (QED) is 0.558. The second kappa shape index (κ2) is 6.90. The van der Waals surface area contributed by atoms with E-state index < -0.39 is 12.7 Å². The number of anilines is 3. The van der Waals surface area contributed by atoms with Crippen LogP contribution in [-0.2, 0) is 0 Å². The van der Waals surface area contributed by atoms with Crippen molar-refractivity contribution < 1.29 is 18.0 Å². The van der Waals surface area contributed by atoms with E-state index in [2.05, 4.69) is 30.9 Å². The number of hydrogen-bond donors (Lipinski definition) is 4. The summed E-state index contributed by atoms with van der Waals surface area (Å²) in [6.07, 6.45) is -2.89. The molecule has 0 aliphatic carbocycles. The molecule has 4 N–H and O–H groups in total. The molecule has 0 spiro atoms. The fourth-order valence-electron chi connectivity index (χ4n) is 2.30. The van der Waals surface area contributed by atoms with Crippen LogP contribution in [-0.4, -0.2) is 40.6 Å². The molecule has 10 heteroatoms. The second-order valence-electron chi connectivity index (χ2n) is 5.39. The number of alkyl halides is 3. The predicted molar refractivity (Wildman–Crippen MR) is 90.7 cm³/mol. The summed E-state index contributed by atoms with van der Waals surface area (Å²) in [4.78, 5) is 22.7. The van der Waals surface area contributed by atoms with Gasteiger partial charge in [-0.15, -0.1) is 0 Å². The van der Waals surface area contributed by atoms with Gasteiger partial charge in [-0.3, -0.25) is 4.79 Å². The zero-order valence-electron chi connectivity index (χ0n) is 13.6. The second-order valence-corrected chi connectivity index (χ2v) is 5.39. The number of carbonyl (C=O) groups is 1. The smallest absolute Gasteiger partial charge is 0.360 e. The fraction of sp³-hybridized carbons (Fsp3) is 0.188. The molecule has 26 heavy (non-hydrogen) atoms. The van der Waals surface area contributed by atoms with Gasteiger partial charge in [-0.2, -0.15) is 18.2 Å². The highest BCUT2D eigenvalue weighted by Gasteiger charge is 2.28. The monoisotopic (exact) mass is 364 g/mol. The molecular weight excluding hydrogens is 349 g/mol.